The van der Waals surface area contributed by atoms with Crippen molar-refractivity contribution in [3.63, 3.8) is 0 Å². The highest BCUT2D eigenvalue weighted by Gasteiger charge is 2.16. The molecule has 0 aliphatic rings. The van der Waals surface area contributed by atoms with Crippen molar-refractivity contribution in [1.82, 2.24) is 10.2 Å². The van der Waals surface area contributed by atoms with Gasteiger partial charge >= 0.3 is 5.56 Å². The summed E-state index contributed by atoms with van der Waals surface area (Å²) in [4.78, 5) is 11.8. The quantitative estimate of drug-likeness (QED) is 0.683. The molecule has 3 N–H and O–H groups in total. The summed E-state index contributed by atoms with van der Waals surface area (Å²) in [7, 11) is 0. The molecule has 0 spiro atoms. The van der Waals surface area contributed by atoms with Crippen LogP contribution in [0.15, 0.2) is 59.4 Å². The fourth-order valence-electron chi connectivity index (χ4n) is 1.92. The Labute approximate surface area is 114 Å². The maximum atomic E-state index is 11.8. The molecule has 2 aromatic carbocycles. The maximum Gasteiger partial charge on any atom is 0.307 e. The van der Waals surface area contributed by atoms with Gasteiger partial charge in [-0.15, -0.1) is 0 Å². The molecule has 0 fully saturated rings. The lowest BCUT2D eigenvalue weighted by atomic mass is 10.1. The number of aromatic amines is 2. The summed E-state index contributed by atoms with van der Waals surface area (Å²) in [6.45, 7) is 0. The minimum absolute atomic E-state index is 0.0701. The van der Waals surface area contributed by atoms with E-state index in [9.17, 15) is 9.90 Å². The van der Waals surface area contributed by atoms with Crippen molar-refractivity contribution in [3.05, 3.63) is 65.0 Å². The van der Waals surface area contributed by atoms with Gasteiger partial charge in [0.15, 0.2) is 0 Å². The monoisotopic (exact) mass is 268 g/mol. The zero-order chi connectivity index (χ0) is 13.9. The molecule has 0 atom stereocenters. The number of para-hydroxylation sites is 2. The predicted molar refractivity (Wildman–Crippen MR) is 75.0 cm³/mol. The summed E-state index contributed by atoms with van der Waals surface area (Å²) in [5.41, 5.74) is 0.529. The summed E-state index contributed by atoms with van der Waals surface area (Å²) in [6.07, 6.45) is 0. The van der Waals surface area contributed by atoms with Gasteiger partial charge in [-0.1, -0.05) is 30.3 Å². The number of H-pyrrole nitrogens is 2. The third-order valence-corrected chi connectivity index (χ3v) is 2.87. The molecule has 100 valence electrons. The highest BCUT2D eigenvalue weighted by atomic mass is 16.5. The molecule has 0 bridgehead atoms. The van der Waals surface area contributed by atoms with Gasteiger partial charge in [0.05, 0.1) is 0 Å². The number of phenols is 1. The Bertz CT molecular complexity index is 775. The van der Waals surface area contributed by atoms with Gasteiger partial charge in [0.25, 0.3) is 0 Å². The van der Waals surface area contributed by atoms with Crippen molar-refractivity contribution >= 4 is 0 Å². The number of phenolic OH excluding ortho intramolecular Hbond substituents is 1. The lowest BCUT2D eigenvalue weighted by Crippen LogP contribution is -2.02. The van der Waals surface area contributed by atoms with Crippen LogP contribution in [0.1, 0.15) is 0 Å². The Hall–Kier alpha value is -2.95. The van der Waals surface area contributed by atoms with Crippen LogP contribution in [0.2, 0.25) is 0 Å². The summed E-state index contributed by atoms with van der Waals surface area (Å²) >= 11 is 0. The van der Waals surface area contributed by atoms with E-state index in [2.05, 4.69) is 10.2 Å². The second kappa shape index (κ2) is 4.97. The molecule has 0 aliphatic carbocycles. The van der Waals surface area contributed by atoms with Gasteiger partial charge in [0.1, 0.15) is 17.2 Å². The number of rotatable bonds is 3. The Kier molecular flexibility index (Phi) is 3.01. The van der Waals surface area contributed by atoms with E-state index in [0.29, 0.717) is 17.0 Å². The standard InChI is InChI=1S/C15H12N2O3/c18-12-9-5-4-8-11(12)13-14(15(19)17-16-13)20-10-6-2-1-3-7-10/h1-9,18H,(H2,16,17,19). The van der Waals surface area contributed by atoms with Crippen molar-refractivity contribution in [2.45, 2.75) is 0 Å². The van der Waals surface area contributed by atoms with Gasteiger partial charge < -0.3 is 9.84 Å². The molecule has 1 heterocycles. The normalized spacial score (nSPS) is 10.4. The number of hydrogen-bond donors (Lipinski definition) is 3. The second-order valence-corrected chi connectivity index (χ2v) is 4.22. The van der Waals surface area contributed by atoms with Gasteiger partial charge in [0.2, 0.25) is 5.75 Å². The van der Waals surface area contributed by atoms with E-state index in [1.54, 1.807) is 36.4 Å². The molecule has 0 saturated heterocycles. The van der Waals surface area contributed by atoms with E-state index in [1.165, 1.54) is 0 Å². The van der Waals surface area contributed by atoms with Gasteiger partial charge in [-0.25, -0.2) is 0 Å². The number of aromatic nitrogens is 2. The van der Waals surface area contributed by atoms with Crippen molar-refractivity contribution in [3.8, 4) is 28.5 Å². The summed E-state index contributed by atoms with van der Waals surface area (Å²) in [5.74, 6) is 0.743. The van der Waals surface area contributed by atoms with Crippen molar-refractivity contribution in [2.24, 2.45) is 0 Å². The SMILES string of the molecule is O=c1[nH][nH]c(-c2ccccc2O)c1Oc1ccccc1. The van der Waals surface area contributed by atoms with Crippen LogP contribution in [0.4, 0.5) is 0 Å². The van der Waals surface area contributed by atoms with Gasteiger partial charge in [0, 0.05) is 5.56 Å². The molecular weight excluding hydrogens is 256 g/mol. The second-order valence-electron chi connectivity index (χ2n) is 4.22. The highest BCUT2D eigenvalue weighted by molar-refractivity contribution is 5.71. The number of nitrogens with one attached hydrogen (secondary N) is 2. The fraction of sp³-hybridized carbons (Fsp3) is 0. The van der Waals surface area contributed by atoms with E-state index < -0.39 is 0 Å². The molecule has 0 saturated carbocycles. The van der Waals surface area contributed by atoms with Crippen molar-refractivity contribution in [2.75, 3.05) is 0 Å². The smallest absolute Gasteiger partial charge is 0.307 e. The lowest BCUT2D eigenvalue weighted by molar-refractivity contribution is 0.471. The van der Waals surface area contributed by atoms with Crippen LogP contribution in [-0.2, 0) is 0 Å². The van der Waals surface area contributed by atoms with Crippen LogP contribution in [-0.4, -0.2) is 15.3 Å². The zero-order valence-corrected chi connectivity index (χ0v) is 10.5. The Morgan fingerprint density at radius 1 is 0.900 bits per heavy atom. The maximum absolute atomic E-state index is 11.8. The number of benzene rings is 2. The largest absolute Gasteiger partial charge is 0.507 e. The third kappa shape index (κ3) is 2.16. The molecule has 0 radical (unpaired) electrons. The Balaban J connectivity index is 2.07. The van der Waals surface area contributed by atoms with E-state index >= 15 is 0 Å². The first-order chi connectivity index (χ1) is 9.75. The number of aromatic hydroxyl groups is 1. The van der Waals surface area contributed by atoms with E-state index in [0.717, 1.165) is 0 Å². The highest BCUT2D eigenvalue weighted by Crippen LogP contribution is 2.33. The minimum atomic E-state index is -0.382. The average molecular weight is 268 g/mol. The first kappa shape index (κ1) is 12.1. The fourth-order valence-corrected chi connectivity index (χ4v) is 1.92. The number of ether oxygens (including phenoxy) is 1. The summed E-state index contributed by atoms with van der Waals surface area (Å²) in [5, 5.41) is 15.1. The molecule has 0 amide bonds. The van der Waals surface area contributed by atoms with Crippen LogP contribution >= 0.6 is 0 Å². The minimum Gasteiger partial charge on any atom is -0.507 e. The lowest BCUT2D eigenvalue weighted by Gasteiger charge is -2.06. The van der Waals surface area contributed by atoms with E-state index in [-0.39, 0.29) is 17.1 Å². The van der Waals surface area contributed by atoms with Gasteiger partial charge in [-0.2, -0.15) is 0 Å². The first-order valence-electron chi connectivity index (χ1n) is 6.07. The van der Waals surface area contributed by atoms with Crippen LogP contribution in [0, 0.1) is 0 Å². The first-order valence-corrected chi connectivity index (χ1v) is 6.07. The molecule has 3 aromatic rings. The average Bonchev–Trinajstić information content (AvgIpc) is 2.82. The molecule has 5 nitrogen and oxygen atoms in total. The van der Waals surface area contributed by atoms with E-state index in [4.69, 9.17) is 4.74 Å². The summed E-state index contributed by atoms with van der Waals surface area (Å²) in [6, 6.07) is 15.7. The molecule has 5 heteroatoms. The van der Waals surface area contributed by atoms with Crippen LogP contribution < -0.4 is 10.3 Å². The molecule has 0 aliphatic heterocycles. The molecule has 1 aromatic heterocycles. The third-order valence-electron chi connectivity index (χ3n) is 2.87. The van der Waals surface area contributed by atoms with Crippen molar-refractivity contribution < 1.29 is 9.84 Å². The van der Waals surface area contributed by atoms with Crippen LogP contribution in [0.5, 0.6) is 17.2 Å². The van der Waals surface area contributed by atoms with Crippen molar-refractivity contribution in [1.29, 1.82) is 0 Å². The van der Waals surface area contributed by atoms with Crippen LogP contribution in [0.25, 0.3) is 11.3 Å². The topological polar surface area (TPSA) is 78.1 Å². The molecule has 20 heavy (non-hydrogen) atoms. The Morgan fingerprint density at radius 2 is 1.60 bits per heavy atom. The number of hydrogen-bond acceptors (Lipinski definition) is 3. The Morgan fingerprint density at radius 3 is 2.35 bits per heavy atom. The van der Waals surface area contributed by atoms with Gasteiger partial charge in [-0.3, -0.25) is 15.0 Å². The summed E-state index contributed by atoms with van der Waals surface area (Å²) < 4.78 is 5.60. The molecule has 0 unspecified atom stereocenters. The zero-order valence-electron chi connectivity index (χ0n) is 10.5. The van der Waals surface area contributed by atoms with Gasteiger partial charge in [-0.05, 0) is 24.3 Å². The van der Waals surface area contributed by atoms with E-state index in [1.807, 2.05) is 18.2 Å². The molecule has 3 rings (SSSR count). The van der Waals surface area contributed by atoms with Crippen LogP contribution in [0.3, 0.4) is 0 Å². The molecular formula is C15H12N2O3. The predicted octanol–water partition coefficient (Wildman–Crippen LogP) is 2.87.